The maximum absolute atomic E-state index is 2.48. The fourth-order valence-corrected chi connectivity index (χ4v) is 0. The summed E-state index contributed by atoms with van der Waals surface area (Å²) in [5.41, 5.74) is 0. The van der Waals surface area contributed by atoms with Crippen molar-refractivity contribution in [3.8, 4) is 0 Å². The minimum absolute atomic E-state index is 0.118. The van der Waals surface area contributed by atoms with Gasteiger partial charge in [-0.15, -0.1) is 0 Å². The van der Waals surface area contributed by atoms with Gasteiger partial charge in [0, 0.05) is 0 Å². The van der Waals surface area contributed by atoms with E-state index in [9.17, 15) is 0 Å². The van der Waals surface area contributed by atoms with Gasteiger partial charge >= 0.3 is 57.4 Å². The summed E-state index contributed by atoms with van der Waals surface area (Å²) in [7, 11) is 0. The average Bonchev–Trinajstić information content (AvgIpc) is 1.35. The van der Waals surface area contributed by atoms with Crippen LogP contribution in [-0.4, -0.2) is 3.59 Å². The Kier molecular flexibility index (Phi) is 3.28. The first kappa shape index (κ1) is 7.41. The molecule has 0 nitrogen and oxygen atoms in total. The number of hydrogen-bond acceptors (Lipinski definition) is 0. The molecule has 0 saturated carbocycles. The molecule has 0 aromatic carbocycles. The van der Waals surface area contributed by atoms with Crippen LogP contribution in [0.2, 0.25) is 23.0 Å². The summed E-state index contributed by atoms with van der Waals surface area (Å²) < 4.78 is 2.06. The normalized spacial score (nSPS) is 10.7. The summed E-state index contributed by atoms with van der Waals surface area (Å²) in [4.78, 5) is 0. The average molecular weight is 227 g/mol. The third-order valence-electron chi connectivity index (χ3n) is 0.866. The third kappa shape index (κ3) is 5.41. The van der Waals surface area contributed by atoms with Crippen molar-refractivity contribution in [1.82, 2.24) is 0 Å². The van der Waals surface area contributed by atoms with Crippen LogP contribution < -0.4 is 0 Å². The molecule has 2 heteroatoms. The molecule has 0 unspecified atom stereocenters. The molecule has 0 aliphatic carbocycles. The summed E-state index contributed by atoms with van der Waals surface area (Å²) in [6, 6.07) is 0. The van der Waals surface area contributed by atoms with Crippen LogP contribution in [0.15, 0.2) is 0 Å². The van der Waals surface area contributed by atoms with Crippen molar-refractivity contribution in [2.45, 2.75) is 23.0 Å². The van der Waals surface area contributed by atoms with Crippen LogP contribution in [0.5, 0.6) is 0 Å². The Balaban J connectivity index is 3.17. The molecule has 0 aromatic rings. The molecule has 0 bridgehead atoms. The SMILES string of the molecule is [CH3][La][Si](C)(C)C. The van der Waals surface area contributed by atoms with Crippen molar-refractivity contribution < 1.29 is 30.8 Å². The van der Waals surface area contributed by atoms with Gasteiger partial charge in [0.15, 0.2) is 0 Å². The van der Waals surface area contributed by atoms with E-state index in [2.05, 4.69) is 23.0 Å². The van der Waals surface area contributed by atoms with Crippen molar-refractivity contribution in [1.29, 1.82) is 0 Å². The third-order valence-corrected chi connectivity index (χ3v) is 18.9. The molecule has 0 heterocycles. The van der Waals surface area contributed by atoms with E-state index in [1.54, 1.807) is 0 Å². The Bertz CT molecular complexity index is 37.3. The van der Waals surface area contributed by atoms with Gasteiger partial charge in [0.2, 0.25) is 0 Å². The summed E-state index contributed by atoms with van der Waals surface area (Å²) >= 11 is -0.118. The second kappa shape index (κ2) is 2.65. The van der Waals surface area contributed by atoms with E-state index in [0.29, 0.717) is 0 Å². The van der Waals surface area contributed by atoms with E-state index in [4.69, 9.17) is 0 Å². The van der Waals surface area contributed by atoms with Crippen LogP contribution in [-0.2, 0) is 0 Å². The zero-order chi connectivity index (χ0) is 5.21. The van der Waals surface area contributed by atoms with Gasteiger partial charge in [0.25, 0.3) is 0 Å². The molecule has 0 radical (unpaired) electrons. The Morgan fingerprint density at radius 3 is 1.33 bits per heavy atom. The molecular formula is C4H12LaSi. The van der Waals surface area contributed by atoms with Gasteiger partial charge in [-0.25, -0.2) is 0 Å². The standard InChI is InChI=1S/C3H9Si.CH3.La/c1-4(2)3;;/h1-3H3;1H3;. The van der Waals surface area contributed by atoms with Gasteiger partial charge in [-0.2, -0.15) is 0 Å². The topological polar surface area (TPSA) is 0 Å². The van der Waals surface area contributed by atoms with E-state index in [0.717, 1.165) is 0 Å². The molecule has 35 valence electrons. The molecule has 0 amide bonds. The van der Waals surface area contributed by atoms with Gasteiger partial charge in [0.05, 0.1) is 0 Å². The van der Waals surface area contributed by atoms with Gasteiger partial charge in [-0.3, -0.25) is 0 Å². The van der Waals surface area contributed by atoms with Crippen LogP contribution in [0.1, 0.15) is 0 Å². The number of rotatable bonds is 1. The molecule has 0 saturated heterocycles. The van der Waals surface area contributed by atoms with Gasteiger partial charge in [-0.05, 0) is 0 Å². The first-order valence-corrected chi connectivity index (χ1v) is 15.0. The van der Waals surface area contributed by atoms with E-state index < -0.39 is 3.59 Å². The van der Waals surface area contributed by atoms with Crippen LogP contribution in [0.4, 0.5) is 0 Å². The van der Waals surface area contributed by atoms with E-state index in [1.165, 1.54) is 0 Å². The summed E-state index contributed by atoms with van der Waals surface area (Å²) in [5, 5.41) is 0. The second-order valence-electron chi connectivity index (χ2n) is 2.65. The predicted octanol–water partition coefficient (Wildman–Crippen LogP) is 1.95. The Hall–Kier alpha value is 1.41. The van der Waals surface area contributed by atoms with Gasteiger partial charge in [0.1, 0.15) is 0 Å². The van der Waals surface area contributed by atoms with Gasteiger partial charge < -0.3 is 0 Å². The molecule has 0 rings (SSSR count). The number of hydrogen-bond donors (Lipinski definition) is 0. The molecular weight excluding hydrogens is 215 g/mol. The monoisotopic (exact) mass is 227 g/mol. The van der Waals surface area contributed by atoms with Crippen molar-refractivity contribution >= 4 is 3.59 Å². The summed E-state index contributed by atoms with van der Waals surface area (Å²) in [6.45, 7) is 7.42. The molecule has 0 atom stereocenters. The molecule has 0 aliphatic heterocycles. The van der Waals surface area contributed by atoms with Crippen LogP contribution in [0, 0.1) is 30.8 Å². The molecule has 0 fully saturated rings. The van der Waals surface area contributed by atoms with Crippen molar-refractivity contribution in [3.63, 3.8) is 0 Å². The van der Waals surface area contributed by atoms with E-state index in [-0.39, 0.29) is 30.8 Å². The Labute approximate surface area is 56.9 Å². The van der Waals surface area contributed by atoms with Crippen molar-refractivity contribution in [3.05, 3.63) is 0 Å². The molecule has 0 aromatic heterocycles. The zero-order valence-corrected chi connectivity index (χ0v) is 9.70. The minimum atomic E-state index is -0.423. The predicted molar refractivity (Wildman–Crippen MR) is 29.2 cm³/mol. The molecule has 6 heavy (non-hydrogen) atoms. The molecule has 0 N–H and O–H groups in total. The van der Waals surface area contributed by atoms with Crippen LogP contribution in [0.3, 0.4) is 0 Å². The Morgan fingerprint density at radius 2 is 1.33 bits per heavy atom. The molecule has 0 spiro atoms. The summed E-state index contributed by atoms with van der Waals surface area (Å²) in [5.74, 6) is 0. The first-order valence-electron chi connectivity index (χ1n) is 2.37. The van der Waals surface area contributed by atoms with Crippen LogP contribution in [0.25, 0.3) is 0 Å². The maximum atomic E-state index is 2.48. The molecule has 0 aliphatic rings. The fourth-order valence-electron chi connectivity index (χ4n) is 0. The first-order chi connectivity index (χ1) is 2.56. The summed E-state index contributed by atoms with van der Waals surface area (Å²) in [6.07, 6.45) is 0. The Morgan fingerprint density at radius 1 is 1.17 bits per heavy atom. The van der Waals surface area contributed by atoms with Crippen molar-refractivity contribution in [2.75, 3.05) is 0 Å². The zero-order valence-electron chi connectivity index (χ0n) is 5.08. The quantitative estimate of drug-likeness (QED) is 0.600. The fraction of sp³-hybridized carbons (Fsp3) is 1.00. The van der Waals surface area contributed by atoms with E-state index >= 15 is 0 Å². The van der Waals surface area contributed by atoms with E-state index in [1.807, 2.05) is 0 Å². The second-order valence-corrected chi connectivity index (χ2v) is 29.7. The van der Waals surface area contributed by atoms with Crippen molar-refractivity contribution in [2.24, 2.45) is 0 Å². The van der Waals surface area contributed by atoms with Gasteiger partial charge in [-0.1, -0.05) is 0 Å². The van der Waals surface area contributed by atoms with Crippen LogP contribution >= 0.6 is 0 Å².